The molecule has 0 aliphatic heterocycles. The molecule has 2 aromatic carbocycles. The molecule has 2 N–H and O–H groups in total. The molecule has 2 aromatic rings. The number of rotatable bonds is 5. The fourth-order valence-corrected chi connectivity index (χ4v) is 2.31. The van der Waals surface area contributed by atoms with Crippen molar-refractivity contribution in [3.05, 3.63) is 63.9 Å². The van der Waals surface area contributed by atoms with Crippen molar-refractivity contribution >= 4 is 27.5 Å². The maximum Gasteiger partial charge on any atom is 0.238 e. The number of nitrogens with one attached hydrogen (secondary N) is 2. The van der Waals surface area contributed by atoms with Gasteiger partial charge < -0.3 is 10.6 Å². The summed E-state index contributed by atoms with van der Waals surface area (Å²) in [5.41, 5.74) is 2.31. The Labute approximate surface area is 131 Å². The second-order valence-electron chi connectivity index (χ2n) is 4.70. The van der Waals surface area contributed by atoms with Gasteiger partial charge in [-0.1, -0.05) is 34.1 Å². The van der Waals surface area contributed by atoms with E-state index in [-0.39, 0.29) is 18.3 Å². The van der Waals surface area contributed by atoms with Crippen molar-refractivity contribution in [3.63, 3.8) is 0 Å². The molecule has 0 fully saturated rings. The van der Waals surface area contributed by atoms with Crippen molar-refractivity contribution in [1.82, 2.24) is 5.32 Å². The number of para-hydroxylation sites is 1. The topological polar surface area (TPSA) is 41.1 Å². The summed E-state index contributed by atoms with van der Waals surface area (Å²) < 4.78 is 14.3. The van der Waals surface area contributed by atoms with Gasteiger partial charge >= 0.3 is 0 Å². The molecule has 1 amide bonds. The number of hydrogen-bond acceptors (Lipinski definition) is 2. The van der Waals surface area contributed by atoms with Gasteiger partial charge in [0.1, 0.15) is 5.82 Å². The molecule has 0 aliphatic carbocycles. The molecule has 0 unspecified atom stereocenters. The Balaban J connectivity index is 1.85. The molecule has 0 saturated heterocycles. The van der Waals surface area contributed by atoms with Crippen LogP contribution in [0.5, 0.6) is 0 Å². The molecule has 0 saturated carbocycles. The van der Waals surface area contributed by atoms with E-state index in [1.54, 1.807) is 12.1 Å². The van der Waals surface area contributed by atoms with E-state index in [4.69, 9.17) is 0 Å². The van der Waals surface area contributed by atoms with E-state index < -0.39 is 0 Å². The molecular weight excluding hydrogens is 335 g/mol. The van der Waals surface area contributed by atoms with Crippen molar-refractivity contribution in [2.75, 3.05) is 11.9 Å². The van der Waals surface area contributed by atoms with Crippen molar-refractivity contribution in [2.45, 2.75) is 13.5 Å². The Morgan fingerprint density at radius 2 is 2.00 bits per heavy atom. The van der Waals surface area contributed by atoms with Gasteiger partial charge in [0.2, 0.25) is 5.91 Å². The van der Waals surface area contributed by atoms with Crippen LogP contribution in [-0.4, -0.2) is 12.5 Å². The predicted octanol–water partition coefficient (Wildman–Crippen LogP) is 3.62. The lowest BCUT2D eigenvalue weighted by Crippen LogP contribution is -2.28. The van der Waals surface area contributed by atoms with Crippen molar-refractivity contribution in [1.29, 1.82) is 0 Å². The maximum absolute atomic E-state index is 13.5. The zero-order valence-electron chi connectivity index (χ0n) is 11.6. The van der Waals surface area contributed by atoms with Crippen LogP contribution in [0, 0.1) is 12.7 Å². The molecule has 0 atom stereocenters. The summed E-state index contributed by atoms with van der Waals surface area (Å²) in [6.45, 7) is 2.35. The molecule has 0 bridgehead atoms. The summed E-state index contributed by atoms with van der Waals surface area (Å²) in [6.07, 6.45) is 0. The molecule has 3 nitrogen and oxygen atoms in total. The first-order valence-electron chi connectivity index (χ1n) is 6.56. The van der Waals surface area contributed by atoms with E-state index in [0.29, 0.717) is 12.1 Å². The molecule has 110 valence electrons. The molecule has 0 aromatic heterocycles. The molecule has 5 heteroatoms. The molecular formula is C16H16BrFN2O. The monoisotopic (exact) mass is 350 g/mol. The van der Waals surface area contributed by atoms with Gasteiger partial charge in [-0.2, -0.15) is 0 Å². The number of amides is 1. The van der Waals surface area contributed by atoms with Gasteiger partial charge in [0.15, 0.2) is 0 Å². The first kappa shape index (κ1) is 15.7. The number of anilines is 1. The number of carbonyl (C=O) groups excluding carboxylic acids is 1. The molecule has 0 spiro atoms. The zero-order chi connectivity index (χ0) is 15.2. The summed E-state index contributed by atoms with van der Waals surface area (Å²) in [4.78, 5) is 11.8. The fourth-order valence-electron chi connectivity index (χ4n) is 1.90. The molecule has 0 aliphatic rings. The highest BCUT2D eigenvalue weighted by Crippen LogP contribution is 2.15. The van der Waals surface area contributed by atoms with Crippen LogP contribution < -0.4 is 10.6 Å². The highest BCUT2D eigenvalue weighted by molar-refractivity contribution is 9.10. The molecule has 2 rings (SSSR count). The Morgan fingerprint density at radius 1 is 1.24 bits per heavy atom. The molecule has 21 heavy (non-hydrogen) atoms. The number of aryl methyl sites for hydroxylation is 1. The standard InChI is InChI=1S/C16H16BrFN2O/c1-11-4-2-3-5-15(11)20-16(21)10-19-9-12-8-13(17)6-7-14(12)18/h2-8,19H,9-10H2,1H3,(H,20,21). The van der Waals surface area contributed by atoms with Crippen molar-refractivity contribution in [3.8, 4) is 0 Å². The number of benzene rings is 2. The van der Waals surface area contributed by atoms with E-state index in [1.807, 2.05) is 31.2 Å². The first-order valence-corrected chi connectivity index (χ1v) is 7.35. The lowest BCUT2D eigenvalue weighted by Gasteiger charge is -2.09. The summed E-state index contributed by atoms with van der Waals surface area (Å²) in [7, 11) is 0. The third kappa shape index (κ3) is 4.65. The fraction of sp³-hybridized carbons (Fsp3) is 0.188. The van der Waals surface area contributed by atoms with Crippen LogP contribution in [0.15, 0.2) is 46.9 Å². The van der Waals surface area contributed by atoms with Gasteiger partial charge in [-0.25, -0.2) is 4.39 Å². The second kappa shape index (κ2) is 7.33. The molecule has 0 radical (unpaired) electrons. The Kier molecular flexibility index (Phi) is 5.47. The SMILES string of the molecule is Cc1ccccc1NC(=O)CNCc1cc(Br)ccc1F. The molecule has 0 heterocycles. The van der Waals surface area contributed by atoms with Gasteiger partial charge in [0.05, 0.1) is 6.54 Å². The first-order chi connectivity index (χ1) is 10.1. The second-order valence-corrected chi connectivity index (χ2v) is 5.62. The highest BCUT2D eigenvalue weighted by Gasteiger charge is 2.06. The van der Waals surface area contributed by atoms with E-state index in [1.165, 1.54) is 6.07 Å². The Hall–Kier alpha value is -1.72. The number of halogens is 2. The lowest BCUT2D eigenvalue weighted by atomic mass is 10.2. The smallest absolute Gasteiger partial charge is 0.238 e. The summed E-state index contributed by atoms with van der Waals surface area (Å²) >= 11 is 3.30. The third-order valence-electron chi connectivity index (χ3n) is 3.03. The average Bonchev–Trinajstić information content (AvgIpc) is 2.45. The van der Waals surface area contributed by atoms with Crippen LogP contribution in [0.25, 0.3) is 0 Å². The summed E-state index contributed by atoms with van der Waals surface area (Å²) in [5, 5.41) is 5.75. The van der Waals surface area contributed by atoms with Crippen LogP contribution >= 0.6 is 15.9 Å². The van der Waals surface area contributed by atoms with E-state index in [9.17, 15) is 9.18 Å². The zero-order valence-corrected chi connectivity index (χ0v) is 13.2. The minimum absolute atomic E-state index is 0.125. The van der Waals surface area contributed by atoms with E-state index in [0.717, 1.165) is 15.7 Å². The van der Waals surface area contributed by atoms with Crippen LogP contribution in [-0.2, 0) is 11.3 Å². The summed E-state index contributed by atoms with van der Waals surface area (Å²) in [5.74, 6) is -0.440. The van der Waals surface area contributed by atoms with Crippen LogP contribution in [0.4, 0.5) is 10.1 Å². The number of hydrogen-bond donors (Lipinski definition) is 2. The summed E-state index contributed by atoms with van der Waals surface area (Å²) in [6, 6.07) is 12.3. The van der Waals surface area contributed by atoms with Gasteiger partial charge in [-0.05, 0) is 36.8 Å². The van der Waals surface area contributed by atoms with Crippen molar-refractivity contribution < 1.29 is 9.18 Å². The Morgan fingerprint density at radius 3 is 2.76 bits per heavy atom. The minimum Gasteiger partial charge on any atom is -0.325 e. The maximum atomic E-state index is 13.5. The van der Waals surface area contributed by atoms with E-state index >= 15 is 0 Å². The average molecular weight is 351 g/mol. The highest BCUT2D eigenvalue weighted by atomic mass is 79.9. The number of carbonyl (C=O) groups is 1. The van der Waals surface area contributed by atoms with Gasteiger partial charge in [0, 0.05) is 22.3 Å². The lowest BCUT2D eigenvalue weighted by molar-refractivity contribution is -0.115. The van der Waals surface area contributed by atoms with Gasteiger partial charge in [-0.3, -0.25) is 4.79 Å². The minimum atomic E-state index is -0.287. The predicted molar refractivity (Wildman–Crippen MR) is 85.6 cm³/mol. The third-order valence-corrected chi connectivity index (χ3v) is 3.52. The van der Waals surface area contributed by atoms with Gasteiger partial charge in [-0.15, -0.1) is 0 Å². The largest absolute Gasteiger partial charge is 0.325 e. The van der Waals surface area contributed by atoms with Crippen LogP contribution in [0.1, 0.15) is 11.1 Å². The normalized spacial score (nSPS) is 10.4. The van der Waals surface area contributed by atoms with Crippen LogP contribution in [0.2, 0.25) is 0 Å². The Bertz CT molecular complexity index is 646. The quantitative estimate of drug-likeness (QED) is 0.864. The van der Waals surface area contributed by atoms with Gasteiger partial charge in [0.25, 0.3) is 0 Å². The van der Waals surface area contributed by atoms with E-state index in [2.05, 4.69) is 26.6 Å². The van der Waals surface area contributed by atoms with Crippen molar-refractivity contribution in [2.24, 2.45) is 0 Å². The van der Waals surface area contributed by atoms with Crippen LogP contribution in [0.3, 0.4) is 0 Å².